The van der Waals surface area contributed by atoms with E-state index < -0.39 is 0 Å². The molecule has 5 nitrogen and oxygen atoms in total. The maximum Gasteiger partial charge on any atom is 0.251 e. The molecular weight excluding hydrogens is 278 g/mol. The third-order valence-electron chi connectivity index (χ3n) is 3.47. The van der Waals surface area contributed by atoms with E-state index in [1.807, 2.05) is 31.2 Å². The Labute approximate surface area is 133 Å². The van der Waals surface area contributed by atoms with Crippen LogP contribution in [0.3, 0.4) is 0 Å². The molecule has 0 aliphatic rings. The average Bonchev–Trinajstić information content (AvgIpc) is 2.54. The summed E-state index contributed by atoms with van der Waals surface area (Å²) in [6.07, 6.45) is 1.22. The maximum atomic E-state index is 12.0. The van der Waals surface area contributed by atoms with Gasteiger partial charge in [-0.3, -0.25) is 9.59 Å². The first kappa shape index (κ1) is 18.0. The highest BCUT2D eigenvalue weighted by Gasteiger charge is 2.08. The monoisotopic (exact) mass is 305 g/mol. The van der Waals surface area contributed by atoms with Crippen molar-refractivity contribution in [2.24, 2.45) is 0 Å². The first-order chi connectivity index (χ1) is 10.6. The van der Waals surface area contributed by atoms with E-state index in [0.717, 1.165) is 25.2 Å². The Morgan fingerprint density at radius 2 is 1.59 bits per heavy atom. The number of carbonyl (C=O) groups excluding carboxylic acids is 2. The average molecular weight is 305 g/mol. The summed E-state index contributed by atoms with van der Waals surface area (Å²) in [6, 6.07) is 7.55. The minimum Gasteiger partial charge on any atom is -0.372 e. The number of benzene rings is 1. The molecule has 0 spiro atoms. The summed E-state index contributed by atoms with van der Waals surface area (Å²) in [5, 5.41) is 5.55. The van der Waals surface area contributed by atoms with Gasteiger partial charge >= 0.3 is 0 Å². The molecule has 0 fully saturated rings. The van der Waals surface area contributed by atoms with Crippen molar-refractivity contribution in [3.8, 4) is 0 Å². The fourth-order valence-electron chi connectivity index (χ4n) is 2.16. The van der Waals surface area contributed by atoms with Crippen molar-refractivity contribution in [1.29, 1.82) is 0 Å². The van der Waals surface area contributed by atoms with Crippen LogP contribution >= 0.6 is 0 Å². The molecule has 2 N–H and O–H groups in total. The number of amides is 2. The van der Waals surface area contributed by atoms with E-state index in [1.165, 1.54) is 0 Å². The Balaban J connectivity index is 2.44. The van der Waals surface area contributed by atoms with Crippen LogP contribution in [0, 0.1) is 0 Å². The molecule has 0 heterocycles. The van der Waals surface area contributed by atoms with Gasteiger partial charge in [0.15, 0.2) is 0 Å². The van der Waals surface area contributed by atoms with Gasteiger partial charge in [-0.25, -0.2) is 0 Å². The topological polar surface area (TPSA) is 61.4 Å². The van der Waals surface area contributed by atoms with Gasteiger partial charge in [0.2, 0.25) is 5.91 Å². The molecule has 0 bridgehead atoms. The quantitative estimate of drug-likeness (QED) is 0.735. The van der Waals surface area contributed by atoms with Crippen LogP contribution in [-0.2, 0) is 4.79 Å². The molecule has 1 rings (SSSR count). The summed E-state index contributed by atoms with van der Waals surface area (Å²) in [4.78, 5) is 25.7. The van der Waals surface area contributed by atoms with Crippen LogP contribution in [0.15, 0.2) is 24.3 Å². The minimum atomic E-state index is -0.144. The molecule has 1 aromatic rings. The third kappa shape index (κ3) is 5.76. The SMILES string of the molecule is CCCNC(=O)CCNC(=O)c1ccc(N(CC)CC)cc1. The van der Waals surface area contributed by atoms with E-state index in [1.54, 1.807) is 0 Å². The van der Waals surface area contributed by atoms with Crippen LogP contribution in [0.2, 0.25) is 0 Å². The Hall–Kier alpha value is -2.04. The zero-order chi connectivity index (χ0) is 16.4. The second kappa shape index (κ2) is 9.82. The third-order valence-corrected chi connectivity index (χ3v) is 3.47. The molecular formula is C17H27N3O2. The van der Waals surface area contributed by atoms with Gasteiger partial charge in [0.25, 0.3) is 5.91 Å². The lowest BCUT2D eigenvalue weighted by atomic mass is 10.2. The van der Waals surface area contributed by atoms with E-state index in [2.05, 4.69) is 29.4 Å². The fraction of sp³-hybridized carbons (Fsp3) is 0.529. The Morgan fingerprint density at radius 1 is 0.955 bits per heavy atom. The Bertz CT molecular complexity index is 467. The molecule has 5 heteroatoms. The first-order valence-corrected chi connectivity index (χ1v) is 8.02. The molecule has 0 unspecified atom stereocenters. The second-order valence-electron chi connectivity index (χ2n) is 5.08. The van der Waals surface area contributed by atoms with E-state index in [0.29, 0.717) is 25.1 Å². The lowest BCUT2D eigenvalue weighted by Crippen LogP contribution is -2.31. The molecule has 0 atom stereocenters. The van der Waals surface area contributed by atoms with Crippen LogP contribution in [0.25, 0.3) is 0 Å². The number of nitrogens with one attached hydrogen (secondary N) is 2. The number of hydrogen-bond acceptors (Lipinski definition) is 3. The summed E-state index contributed by atoms with van der Waals surface area (Å²) in [5.41, 5.74) is 1.73. The maximum absolute atomic E-state index is 12.0. The van der Waals surface area contributed by atoms with Crippen LogP contribution in [0.1, 0.15) is 44.0 Å². The van der Waals surface area contributed by atoms with Crippen molar-refractivity contribution < 1.29 is 9.59 Å². The summed E-state index contributed by atoms with van der Waals surface area (Å²) in [5.74, 6) is -0.173. The van der Waals surface area contributed by atoms with Gasteiger partial charge in [-0.05, 0) is 44.5 Å². The molecule has 22 heavy (non-hydrogen) atoms. The van der Waals surface area contributed by atoms with Crippen LogP contribution in [0.5, 0.6) is 0 Å². The molecule has 122 valence electrons. The standard InChI is InChI=1S/C17H27N3O2/c1-4-12-18-16(21)11-13-19-17(22)14-7-9-15(10-8-14)20(5-2)6-3/h7-10H,4-6,11-13H2,1-3H3,(H,18,21)(H,19,22). The van der Waals surface area contributed by atoms with Gasteiger partial charge in [-0.1, -0.05) is 6.92 Å². The highest BCUT2D eigenvalue weighted by Crippen LogP contribution is 2.14. The van der Waals surface area contributed by atoms with Crippen molar-refractivity contribution in [3.05, 3.63) is 29.8 Å². The number of carbonyl (C=O) groups is 2. The minimum absolute atomic E-state index is 0.0287. The van der Waals surface area contributed by atoms with Gasteiger partial charge in [-0.15, -0.1) is 0 Å². The predicted octanol–water partition coefficient (Wildman–Crippen LogP) is 2.18. The van der Waals surface area contributed by atoms with Crippen LogP contribution in [-0.4, -0.2) is 38.0 Å². The summed E-state index contributed by atoms with van der Waals surface area (Å²) < 4.78 is 0. The molecule has 0 aliphatic heterocycles. The Kier molecular flexibility index (Phi) is 8.04. The molecule has 0 radical (unpaired) electrons. The highest BCUT2D eigenvalue weighted by molar-refractivity contribution is 5.94. The van der Waals surface area contributed by atoms with Crippen molar-refractivity contribution in [3.63, 3.8) is 0 Å². The van der Waals surface area contributed by atoms with E-state index in [-0.39, 0.29) is 11.8 Å². The predicted molar refractivity (Wildman–Crippen MR) is 90.3 cm³/mol. The van der Waals surface area contributed by atoms with Crippen molar-refractivity contribution in [1.82, 2.24) is 10.6 Å². The lowest BCUT2D eigenvalue weighted by Gasteiger charge is -2.21. The van der Waals surface area contributed by atoms with Crippen molar-refractivity contribution in [2.45, 2.75) is 33.6 Å². The second-order valence-corrected chi connectivity index (χ2v) is 5.08. The van der Waals surface area contributed by atoms with E-state index in [9.17, 15) is 9.59 Å². The Morgan fingerprint density at radius 3 is 2.14 bits per heavy atom. The largest absolute Gasteiger partial charge is 0.372 e. The number of hydrogen-bond donors (Lipinski definition) is 2. The van der Waals surface area contributed by atoms with E-state index in [4.69, 9.17) is 0 Å². The molecule has 0 saturated carbocycles. The molecule has 0 saturated heterocycles. The fourth-order valence-corrected chi connectivity index (χ4v) is 2.16. The number of rotatable bonds is 9. The first-order valence-electron chi connectivity index (χ1n) is 8.02. The smallest absolute Gasteiger partial charge is 0.251 e. The summed E-state index contributed by atoms with van der Waals surface area (Å²) in [6.45, 7) is 9.13. The van der Waals surface area contributed by atoms with E-state index >= 15 is 0 Å². The van der Waals surface area contributed by atoms with Crippen molar-refractivity contribution in [2.75, 3.05) is 31.1 Å². The van der Waals surface area contributed by atoms with Gasteiger partial charge in [0.1, 0.15) is 0 Å². The highest BCUT2D eigenvalue weighted by atomic mass is 16.2. The normalized spacial score (nSPS) is 10.1. The van der Waals surface area contributed by atoms with Gasteiger partial charge < -0.3 is 15.5 Å². The molecule has 2 amide bonds. The van der Waals surface area contributed by atoms with Gasteiger partial charge in [0.05, 0.1) is 0 Å². The molecule has 0 aromatic heterocycles. The van der Waals surface area contributed by atoms with Crippen LogP contribution < -0.4 is 15.5 Å². The zero-order valence-corrected chi connectivity index (χ0v) is 13.8. The molecule has 1 aromatic carbocycles. The van der Waals surface area contributed by atoms with Gasteiger partial charge in [0, 0.05) is 43.9 Å². The lowest BCUT2D eigenvalue weighted by molar-refractivity contribution is -0.120. The number of anilines is 1. The molecule has 0 aliphatic carbocycles. The summed E-state index contributed by atoms with van der Waals surface area (Å²) in [7, 11) is 0. The van der Waals surface area contributed by atoms with Crippen molar-refractivity contribution >= 4 is 17.5 Å². The van der Waals surface area contributed by atoms with Crippen LogP contribution in [0.4, 0.5) is 5.69 Å². The number of nitrogens with zero attached hydrogens (tertiary/aromatic N) is 1. The zero-order valence-electron chi connectivity index (χ0n) is 13.8. The van der Waals surface area contributed by atoms with Gasteiger partial charge in [-0.2, -0.15) is 0 Å². The summed E-state index contributed by atoms with van der Waals surface area (Å²) >= 11 is 0.